The molecule has 196 valence electrons. The van der Waals surface area contributed by atoms with Crippen molar-refractivity contribution >= 4 is 26.8 Å². The van der Waals surface area contributed by atoms with Crippen LogP contribution in [0.25, 0.3) is 10.9 Å². The lowest BCUT2D eigenvalue weighted by atomic mass is 10.1. The molecular weight excluding hydrogens is 494 g/mol. The van der Waals surface area contributed by atoms with Crippen LogP contribution in [0.15, 0.2) is 60.8 Å². The number of fused-ring (bicyclic) bond motifs is 1. The fourth-order valence-corrected chi connectivity index (χ4v) is 4.63. The molecule has 0 fully saturated rings. The summed E-state index contributed by atoms with van der Waals surface area (Å²) < 4.78 is 31.6. The summed E-state index contributed by atoms with van der Waals surface area (Å²) in [6.45, 7) is 4.07. The Kier molecular flexibility index (Phi) is 7.71. The van der Waals surface area contributed by atoms with Gasteiger partial charge in [-0.1, -0.05) is 48.5 Å². The van der Waals surface area contributed by atoms with Gasteiger partial charge in [-0.05, 0) is 42.7 Å². The predicted molar refractivity (Wildman–Crippen MR) is 139 cm³/mol. The number of tetrazole rings is 1. The van der Waals surface area contributed by atoms with Gasteiger partial charge < -0.3 is 15.8 Å². The monoisotopic (exact) mass is 525 g/mol. The highest BCUT2D eigenvalue weighted by Crippen LogP contribution is 2.23. The molecule has 1 atom stereocenters. The van der Waals surface area contributed by atoms with E-state index in [4.69, 9.17) is 10.5 Å². The second-order valence-corrected chi connectivity index (χ2v) is 11.3. The minimum atomic E-state index is -3.45. The molecule has 0 saturated heterocycles. The molecule has 0 radical (unpaired) electrons. The highest BCUT2D eigenvalue weighted by Gasteiger charge is 2.28. The third-order valence-corrected chi connectivity index (χ3v) is 6.78. The summed E-state index contributed by atoms with van der Waals surface area (Å²) in [5.41, 5.74) is 7.33. The Hall–Kier alpha value is -3.61. The van der Waals surface area contributed by atoms with Crippen molar-refractivity contribution in [3.05, 3.63) is 77.7 Å². The van der Waals surface area contributed by atoms with Crippen LogP contribution in [0, 0.1) is 0 Å². The Labute approximate surface area is 215 Å². The third-order valence-electron chi connectivity index (χ3n) is 5.77. The van der Waals surface area contributed by atoms with E-state index in [1.165, 1.54) is 15.0 Å². The molecular formula is C25H31N7O4S. The number of rotatable bonds is 11. The standard InChI is InChI=1S/C25H31N7O4S/c1-25(2,26)24(33)27-21(17-36-16-18-9-5-4-6-10-18)23-28-30-32(29-23)14-13-19-15-31(37(3,34)35)22-12-8-7-11-20(19)22/h4-12,15,21H,13-14,16-17,26H2,1-3H3,(H,27,33)/t21-/m1/s1. The lowest BCUT2D eigenvalue weighted by molar-refractivity contribution is -0.126. The Morgan fingerprint density at radius 2 is 1.84 bits per heavy atom. The van der Waals surface area contributed by atoms with Crippen molar-refractivity contribution in [2.45, 2.75) is 45.0 Å². The molecule has 1 amide bonds. The number of aryl methyl sites for hydroxylation is 2. The number of nitrogens with two attached hydrogens (primary N) is 1. The number of nitrogens with one attached hydrogen (secondary N) is 1. The molecule has 2 aromatic carbocycles. The van der Waals surface area contributed by atoms with E-state index in [1.54, 1.807) is 32.2 Å². The molecule has 0 saturated carbocycles. The smallest absolute Gasteiger partial charge is 0.240 e. The van der Waals surface area contributed by atoms with Gasteiger partial charge in [-0.2, -0.15) is 4.80 Å². The maximum absolute atomic E-state index is 12.6. The molecule has 0 aliphatic carbocycles. The molecule has 0 spiro atoms. The zero-order valence-electron chi connectivity index (χ0n) is 21.0. The number of carbonyl (C=O) groups excluding carboxylic acids is 1. The molecule has 37 heavy (non-hydrogen) atoms. The van der Waals surface area contributed by atoms with Crippen LogP contribution in [-0.2, 0) is 39.1 Å². The number of para-hydroxylation sites is 1. The highest BCUT2D eigenvalue weighted by atomic mass is 32.2. The van der Waals surface area contributed by atoms with Crippen molar-refractivity contribution < 1.29 is 17.9 Å². The minimum Gasteiger partial charge on any atom is -0.374 e. The van der Waals surface area contributed by atoms with Crippen molar-refractivity contribution in [1.29, 1.82) is 0 Å². The van der Waals surface area contributed by atoms with E-state index >= 15 is 0 Å². The van der Waals surface area contributed by atoms with E-state index in [0.717, 1.165) is 16.5 Å². The van der Waals surface area contributed by atoms with Gasteiger partial charge in [0.1, 0.15) is 6.04 Å². The van der Waals surface area contributed by atoms with Crippen molar-refractivity contribution in [3.63, 3.8) is 0 Å². The molecule has 4 rings (SSSR count). The fraction of sp³-hybridized carbons (Fsp3) is 0.360. The van der Waals surface area contributed by atoms with E-state index in [0.29, 0.717) is 30.9 Å². The second-order valence-electron chi connectivity index (χ2n) is 9.47. The van der Waals surface area contributed by atoms with Crippen molar-refractivity contribution in [3.8, 4) is 0 Å². The maximum atomic E-state index is 12.6. The summed E-state index contributed by atoms with van der Waals surface area (Å²) in [5.74, 6) is -0.0741. The summed E-state index contributed by atoms with van der Waals surface area (Å²) in [4.78, 5) is 14.0. The molecule has 0 unspecified atom stereocenters. The van der Waals surface area contributed by atoms with Gasteiger partial charge in [0.05, 0.1) is 37.1 Å². The van der Waals surface area contributed by atoms with E-state index in [9.17, 15) is 13.2 Å². The van der Waals surface area contributed by atoms with Gasteiger partial charge in [0.25, 0.3) is 0 Å². The first-order chi connectivity index (χ1) is 17.5. The molecule has 2 heterocycles. The summed E-state index contributed by atoms with van der Waals surface area (Å²) in [7, 11) is -3.45. The Bertz CT molecular complexity index is 1470. The third kappa shape index (κ3) is 6.59. The lowest BCUT2D eigenvalue weighted by Gasteiger charge is -2.22. The fourth-order valence-electron chi connectivity index (χ4n) is 3.80. The Balaban J connectivity index is 1.48. The summed E-state index contributed by atoms with van der Waals surface area (Å²) in [6, 6.07) is 16.4. The average Bonchev–Trinajstić information content (AvgIpc) is 3.47. The molecule has 2 aromatic heterocycles. The molecule has 0 bridgehead atoms. The number of nitrogens with zero attached hydrogens (tertiary/aromatic N) is 5. The van der Waals surface area contributed by atoms with E-state index in [1.807, 2.05) is 42.5 Å². The number of amides is 1. The van der Waals surface area contributed by atoms with Crippen LogP contribution in [0.1, 0.15) is 36.8 Å². The van der Waals surface area contributed by atoms with Crippen LogP contribution in [0.4, 0.5) is 0 Å². The minimum absolute atomic E-state index is 0.129. The topological polar surface area (TPSA) is 147 Å². The summed E-state index contributed by atoms with van der Waals surface area (Å²) in [5, 5.41) is 16.4. The highest BCUT2D eigenvalue weighted by molar-refractivity contribution is 7.89. The number of aromatic nitrogens is 5. The first kappa shape index (κ1) is 26.5. The van der Waals surface area contributed by atoms with Gasteiger partial charge in [-0.15, -0.1) is 10.2 Å². The van der Waals surface area contributed by atoms with Gasteiger partial charge >= 0.3 is 0 Å². The molecule has 11 nitrogen and oxygen atoms in total. The number of carbonyl (C=O) groups is 1. The van der Waals surface area contributed by atoms with E-state index < -0.39 is 21.6 Å². The Morgan fingerprint density at radius 1 is 1.14 bits per heavy atom. The van der Waals surface area contributed by atoms with E-state index in [-0.39, 0.29) is 12.5 Å². The first-order valence-corrected chi connectivity index (χ1v) is 13.7. The zero-order valence-corrected chi connectivity index (χ0v) is 21.9. The zero-order chi connectivity index (χ0) is 26.6. The molecule has 3 N–H and O–H groups in total. The van der Waals surface area contributed by atoms with Gasteiger partial charge in [-0.25, -0.2) is 12.4 Å². The largest absolute Gasteiger partial charge is 0.374 e. The number of ether oxygens (including phenoxy) is 1. The number of hydrogen-bond donors (Lipinski definition) is 2. The predicted octanol–water partition coefficient (Wildman–Crippen LogP) is 1.79. The molecule has 0 aliphatic rings. The van der Waals surface area contributed by atoms with E-state index in [2.05, 4.69) is 20.7 Å². The van der Waals surface area contributed by atoms with Crippen LogP contribution in [0.3, 0.4) is 0 Å². The van der Waals surface area contributed by atoms with Crippen LogP contribution >= 0.6 is 0 Å². The van der Waals surface area contributed by atoms with Gasteiger partial charge in [0, 0.05) is 11.6 Å². The normalized spacial score (nSPS) is 13.1. The van der Waals surface area contributed by atoms with Crippen LogP contribution in [-0.4, -0.2) is 56.9 Å². The van der Waals surface area contributed by atoms with Crippen LogP contribution in [0.5, 0.6) is 0 Å². The molecule has 12 heteroatoms. The molecule has 0 aliphatic heterocycles. The van der Waals surface area contributed by atoms with Crippen molar-refractivity contribution in [2.24, 2.45) is 5.73 Å². The van der Waals surface area contributed by atoms with Gasteiger partial charge in [0.2, 0.25) is 15.9 Å². The quantitative estimate of drug-likeness (QED) is 0.301. The second kappa shape index (κ2) is 10.8. The van der Waals surface area contributed by atoms with Crippen molar-refractivity contribution in [1.82, 2.24) is 29.5 Å². The SMILES string of the molecule is CC(C)(N)C(=O)N[C@H](COCc1ccccc1)c1nnn(CCc2cn(S(C)(=O)=O)c3ccccc23)n1. The summed E-state index contributed by atoms with van der Waals surface area (Å²) in [6.07, 6.45) is 3.28. The Morgan fingerprint density at radius 3 is 2.54 bits per heavy atom. The lowest BCUT2D eigenvalue weighted by Crippen LogP contribution is -2.50. The molecule has 4 aromatic rings. The van der Waals surface area contributed by atoms with Crippen molar-refractivity contribution in [2.75, 3.05) is 12.9 Å². The van der Waals surface area contributed by atoms with Gasteiger partial charge in [0.15, 0.2) is 5.82 Å². The number of benzene rings is 2. The van der Waals surface area contributed by atoms with Crippen LogP contribution in [0.2, 0.25) is 0 Å². The average molecular weight is 526 g/mol. The van der Waals surface area contributed by atoms with Gasteiger partial charge in [-0.3, -0.25) is 4.79 Å². The first-order valence-electron chi connectivity index (χ1n) is 11.8. The summed E-state index contributed by atoms with van der Waals surface area (Å²) >= 11 is 0. The number of hydrogen-bond acceptors (Lipinski definition) is 8. The van der Waals surface area contributed by atoms with Crippen LogP contribution < -0.4 is 11.1 Å². The maximum Gasteiger partial charge on any atom is 0.240 e.